The predicted molar refractivity (Wildman–Crippen MR) is 102 cm³/mol. The maximum absolute atomic E-state index is 12.3. The van der Waals surface area contributed by atoms with Crippen LogP contribution in [0.25, 0.3) is 0 Å². The van der Waals surface area contributed by atoms with Crippen LogP contribution in [0.4, 0.5) is 11.4 Å². The summed E-state index contributed by atoms with van der Waals surface area (Å²) in [4.78, 5) is 30.4. The Kier molecular flexibility index (Phi) is 6.82. The van der Waals surface area contributed by atoms with Gasteiger partial charge in [0.05, 0.1) is 12.6 Å². The van der Waals surface area contributed by atoms with Gasteiger partial charge in [0.25, 0.3) is 0 Å². The lowest BCUT2D eigenvalue weighted by Gasteiger charge is -2.25. The summed E-state index contributed by atoms with van der Waals surface area (Å²) in [5, 5.41) is 2.94. The summed E-state index contributed by atoms with van der Waals surface area (Å²) in [6.45, 7) is 7.21. The van der Waals surface area contributed by atoms with Gasteiger partial charge in [-0.05, 0) is 57.5 Å². The fourth-order valence-electron chi connectivity index (χ4n) is 3.32. The molecule has 0 aromatic heterocycles. The molecule has 1 heterocycles. The Morgan fingerprint density at radius 2 is 1.80 bits per heavy atom. The molecule has 6 heteroatoms. The smallest absolute Gasteiger partial charge is 0.239 e. The molecule has 138 valence electrons. The van der Waals surface area contributed by atoms with Gasteiger partial charge in [-0.2, -0.15) is 0 Å². The number of hydrogen-bond acceptors (Lipinski definition) is 4. The van der Waals surface area contributed by atoms with Crippen LogP contribution in [0.2, 0.25) is 0 Å². The maximum atomic E-state index is 12.3. The Bertz CT molecular complexity index is 582. The Morgan fingerprint density at radius 1 is 1.16 bits per heavy atom. The summed E-state index contributed by atoms with van der Waals surface area (Å²) in [6, 6.07) is 7.73. The molecule has 1 fully saturated rings. The zero-order valence-electron chi connectivity index (χ0n) is 15.8. The Labute approximate surface area is 150 Å². The summed E-state index contributed by atoms with van der Waals surface area (Å²) in [6.07, 6.45) is 1.78. The van der Waals surface area contributed by atoms with Crippen LogP contribution in [0, 0.1) is 0 Å². The number of rotatable bonds is 7. The molecule has 1 aromatic carbocycles. The van der Waals surface area contributed by atoms with Crippen LogP contribution in [0.3, 0.4) is 0 Å². The minimum atomic E-state index is -0.175. The second kappa shape index (κ2) is 8.85. The number of carbonyl (C=O) groups excluding carboxylic acids is 2. The summed E-state index contributed by atoms with van der Waals surface area (Å²) in [7, 11) is 3.52. The molecule has 0 saturated carbocycles. The molecule has 2 rings (SSSR count). The molecule has 1 atom stereocenters. The number of nitrogens with zero attached hydrogens (tertiary/aromatic N) is 3. The number of amides is 2. The first kappa shape index (κ1) is 19.2. The third-order valence-electron chi connectivity index (χ3n) is 4.72. The molecule has 1 aliphatic heterocycles. The predicted octanol–water partition coefficient (Wildman–Crippen LogP) is 2.02. The van der Waals surface area contributed by atoms with Crippen molar-refractivity contribution in [1.29, 1.82) is 0 Å². The zero-order valence-corrected chi connectivity index (χ0v) is 15.8. The monoisotopic (exact) mass is 346 g/mol. The number of benzene rings is 1. The molecular weight excluding hydrogens is 316 g/mol. The van der Waals surface area contributed by atoms with Crippen molar-refractivity contribution in [3.8, 4) is 0 Å². The number of carbonyl (C=O) groups is 2. The zero-order chi connectivity index (χ0) is 18.4. The van der Waals surface area contributed by atoms with E-state index < -0.39 is 0 Å². The minimum absolute atomic E-state index is 0.0750. The van der Waals surface area contributed by atoms with E-state index in [4.69, 9.17) is 0 Å². The van der Waals surface area contributed by atoms with Gasteiger partial charge in [-0.15, -0.1) is 0 Å². The number of nitrogens with one attached hydrogen (secondary N) is 1. The van der Waals surface area contributed by atoms with Crippen molar-refractivity contribution in [3.05, 3.63) is 24.3 Å². The molecule has 0 radical (unpaired) electrons. The lowest BCUT2D eigenvalue weighted by Crippen LogP contribution is -2.45. The van der Waals surface area contributed by atoms with Crippen molar-refractivity contribution >= 4 is 23.2 Å². The highest BCUT2D eigenvalue weighted by Gasteiger charge is 2.32. The average molecular weight is 346 g/mol. The average Bonchev–Trinajstić information content (AvgIpc) is 3.04. The first-order valence-corrected chi connectivity index (χ1v) is 9.06. The van der Waals surface area contributed by atoms with Crippen molar-refractivity contribution < 1.29 is 9.59 Å². The van der Waals surface area contributed by atoms with Gasteiger partial charge in [-0.3, -0.25) is 14.5 Å². The first-order chi connectivity index (χ1) is 12.0. The normalized spacial score (nSPS) is 17.4. The molecule has 1 saturated heterocycles. The lowest BCUT2D eigenvalue weighted by atomic mass is 10.2. The van der Waals surface area contributed by atoms with Crippen LogP contribution in [-0.4, -0.2) is 67.9 Å². The van der Waals surface area contributed by atoms with E-state index in [9.17, 15) is 9.59 Å². The Hall–Kier alpha value is -2.08. The van der Waals surface area contributed by atoms with Gasteiger partial charge in [0, 0.05) is 38.6 Å². The molecule has 2 amide bonds. The van der Waals surface area contributed by atoms with E-state index in [0.717, 1.165) is 43.9 Å². The second-order valence-corrected chi connectivity index (χ2v) is 6.63. The largest absolute Gasteiger partial charge is 0.372 e. The standard InChI is InChI=1S/C19H30N4O2/c1-5-22(6-2)16-11-9-15(10-12-16)20-18(24)14-23-13-7-8-17(23)19(25)21(3)4/h9-12,17H,5-8,13-14H2,1-4H3,(H,20,24)/t17-/m1/s1. The summed E-state index contributed by atoms with van der Waals surface area (Å²) >= 11 is 0. The Balaban J connectivity index is 1.92. The highest BCUT2D eigenvalue weighted by atomic mass is 16.2. The topological polar surface area (TPSA) is 55.9 Å². The first-order valence-electron chi connectivity index (χ1n) is 9.06. The molecule has 1 N–H and O–H groups in total. The lowest BCUT2D eigenvalue weighted by molar-refractivity contribution is -0.133. The number of hydrogen-bond donors (Lipinski definition) is 1. The number of anilines is 2. The van der Waals surface area contributed by atoms with E-state index in [-0.39, 0.29) is 24.4 Å². The van der Waals surface area contributed by atoms with Crippen molar-refractivity contribution in [2.45, 2.75) is 32.7 Å². The van der Waals surface area contributed by atoms with Gasteiger partial charge >= 0.3 is 0 Å². The van der Waals surface area contributed by atoms with Gasteiger partial charge in [0.15, 0.2) is 0 Å². The number of likely N-dealkylation sites (tertiary alicyclic amines) is 1. The Morgan fingerprint density at radius 3 is 2.36 bits per heavy atom. The van der Waals surface area contributed by atoms with Crippen molar-refractivity contribution in [3.63, 3.8) is 0 Å². The van der Waals surface area contributed by atoms with E-state index in [1.54, 1.807) is 19.0 Å². The molecule has 0 aliphatic carbocycles. The highest BCUT2D eigenvalue weighted by Crippen LogP contribution is 2.20. The second-order valence-electron chi connectivity index (χ2n) is 6.63. The van der Waals surface area contributed by atoms with Gasteiger partial charge in [0.1, 0.15) is 0 Å². The van der Waals surface area contributed by atoms with Gasteiger partial charge < -0.3 is 15.1 Å². The molecule has 0 unspecified atom stereocenters. The van der Waals surface area contributed by atoms with E-state index >= 15 is 0 Å². The van der Waals surface area contributed by atoms with E-state index in [1.807, 2.05) is 29.2 Å². The SMILES string of the molecule is CCN(CC)c1ccc(NC(=O)CN2CCC[C@@H]2C(=O)N(C)C)cc1. The highest BCUT2D eigenvalue weighted by molar-refractivity contribution is 5.93. The fourth-order valence-corrected chi connectivity index (χ4v) is 3.32. The van der Waals surface area contributed by atoms with Crippen LogP contribution in [0.1, 0.15) is 26.7 Å². The molecule has 6 nitrogen and oxygen atoms in total. The van der Waals surface area contributed by atoms with Crippen LogP contribution >= 0.6 is 0 Å². The van der Waals surface area contributed by atoms with E-state index in [2.05, 4.69) is 24.1 Å². The molecular formula is C19H30N4O2. The van der Waals surface area contributed by atoms with Gasteiger partial charge in [0.2, 0.25) is 11.8 Å². The number of likely N-dealkylation sites (N-methyl/N-ethyl adjacent to an activating group) is 1. The molecule has 25 heavy (non-hydrogen) atoms. The summed E-state index contributed by atoms with van der Waals surface area (Å²) < 4.78 is 0. The van der Waals surface area contributed by atoms with Crippen molar-refractivity contribution in [2.24, 2.45) is 0 Å². The van der Waals surface area contributed by atoms with Crippen LogP contribution in [-0.2, 0) is 9.59 Å². The minimum Gasteiger partial charge on any atom is -0.372 e. The fraction of sp³-hybridized carbons (Fsp3) is 0.579. The van der Waals surface area contributed by atoms with Crippen molar-refractivity contribution in [1.82, 2.24) is 9.80 Å². The van der Waals surface area contributed by atoms with E-state index in [1.165, 1.54) is 0 Å². The summed E-state index contributed by atoms with van der Waals surface area (Å²) in [5.41, 5.74) is 1.94. The maximum Gasteiger partial charge on any atom is 0.239 e. The van der Waals surface area contributed by atoms with Crippen LogP contribution in [0.5, 0.6) is 0 Å². The van der Waals surface area contributed by atoms with E-state index in [0.29, 0.717) is 0 Å². The third kappa shape index (κ3) is 4.95. The molecule has 0 spiro atoms. The molecule has 1 aromatic rings. The van der Waals surface area contributed by atoms with Crippen LogP contribution in [0.15, 0.2) is 24.3 Å². The van der Waals surface area contributed by atoms with Crippen molar-refractivity contribution in [2.75, 3.05) is 50.5 Å². The summed E-state index contributed by atoms with van der Waals surface area (Å²) in [5.74, 6) is 0.00270. The van der Waals surface area contributed by atoms with Gasteiger partial charge in [-0.25, -0.2) is 0 Å². The third-order valence-corrected chi connectivity index (χ3v) is 4.72. The quantitative estimate of drug-likeness (QED) is 0.821. The molecule has 1 aliphatic rings. The van der Waals surface area contributed by atoms with Crippen LogP contribution < -0.4 is 10.2 Å². The molecule has 0 bridgehead atoms. The van der Waals surface area contributed by atoms with Gasteiger partial charge in [-0.1, -0.05) is 0 Å².